The predicted molar refractivity (Wildman–Crippen MR) is 87.1 cm³/mol. The second-order valence-electron chi connectivity index (χ2n) is 5.98. The first-order valence-corrected chi connectivity index (χ1v) is 7.81. The maximum Gasteiger partial charge on any atom is 0.251 e. The molecular formula is C18H20N2O3. The Kier molecular flexibility index (Phi) is 4.19. The van der Waals surface area contributed by atoms with Crippen LogP contribution in [0.1, 0.15) is 47.7 Å². The summed E-state index contributed by atoms with van der Waals surface area (Å²) >= 11 is 0. The van der Waals surface area contributed by atoms with Crippen molar-refractivity contribution in [3.63, 3.8) is 0 Å². The SMILES string of the molecule is Cc1ccc(C(C)NC(=O)c2ccc(NC(=O)C3CC3)cc2)o1. The lowest BCUT2D eigenvalue weighted by atomic mass is 10.1. The Morgan fingerprint density at radius 3 is 2.39 bits per heavy atom. The normalized spacial score (nSPS) is 15.0. The fourth-order valence-corrected chi connectivity index (χ4v) is 2.33. The van der Waals surface area contributed by atoms with Crippen LogP contribution in [0.2, 0.25) is 0 Å². The van der Waals surface area contributed by atoms with Crippen molar-refractivity contribution in [3.05, 3.63) is 53.5 Å². The van der Waals surface area contributed by atoms with Crippen LogP contribution in [0.3, 0.4) is 0 Å². The molecule has 1 heterocycles. The fraction of sp³-hybridized carbons (Fsp3) is 0.333. The van der Waals surface area contributed by atoms with Crippen LogP contribution >= 0.6 is 0 Å². The molecule has 2 amide bonds. The molecule has 1 aliphatic rings. The van der Waals surface area contributed by atoms with Crippen molar-refractivity contribution in [2.24, 2.45) is 5.92 Å². The minimum atomic E-state index is -0.203. The van der Waals surface area contributed by atoms with Gasteiger partial charge in [-0.1, -0.05) is 0 Å². The monoisotopic (exact) mass is 312 g/mol. The van der Waals surface area contributed by atoms with Gasteiger partial charge in [0.05, 0.1) is 6.04 Å². The third-order valence-corrected chi connectivity index (χ3v) is 3.90. The zero-order valence-electron chi connectivity index (χ0n) is 13.3. The number of rotatable bonds is 5. The van der Waals surface area contributed by atoms with Gasteiger partial charge >= 0.3 is 0 Å². The summed E-state index contributed by atoms with van der Waals surface area (Å²) in [5.74, 6) is 1.59. The molecule has 0 radical (unpaired) electrons. The van der Waals surface area contributed by atoms with Crippen LogP contribution in [0.4, 0.5) is 5.69 Å². The van der Waals surface area contributed by atoms with Crippen molar-refractivity contribution >= 4 is 17.5 Å². The summed E-state index contributed by atoms with van der Waals surface area (Å²) in [5, 5.41) is 5.75. The number of anilines is 1. The Labute approximate surface area is 135 Å². The molecule has 1 unspecified atom stereocenters. The van der Waals surface area contributed by atoms with E-state index in [4.69, 9.17) is 4.42 Å². The smallest absolute Gasteiger partial charge is 0.251 e. The molecule has 1 aliphatic carbocycles. The van der Waals surface area contributed by atoms with Gasteiger partial charge in [-0.15, -0.1) is 0 Å². The summed E-state index contributed by atoms with van der Waals surface area (Å²) < 4.78 is 5.51. The van der Waals surface area contributed by atoms with Crippen LogP contribution in [0.5, 0.6) is 0 Å². The second kappa shape index (κ2) is 6.28. The molecule has 3 rings (SSSR count). The van der Waals surface area contributed by atoms with Gasteiger partial charge in [0.2, 0.25) is 5.91 Å². The summed E-state index contributed by atoms with van der Waals surface area (Å²) in [4.78, 5) is 23.9. The number of carbonyl (C=O) groups is 2. The van der Waals surface area contributed by atoms with E-state index in [2.05, 4.69) is 10.6 Å². The highest BCUT2D eigenvalue weighted by Gasteiger charge is 2.29. The highest BCUT2D eigenvalue weighted by molar-refractivity contribution is 5.96. The van der Waals surface area contributed by atoms with Gasteiger partial charge in [0, 0.05) is 17.2 Å². The quantitative estimate of drug-likeness (QED) is 0.888. The number of aryl methyl sites for hydroxylation is 1. The van der Waals surface area contributed by atoms with Crippen LogP contribution in [0.15, 0.2) is 40.8 Å². The zero-order chi connectivity index (χ0) is 16.4. The molecule has 5 nitrogen and oxygen atoms in total. The highest BCUT2D eigenvalue weighted by atomic mass is 16.3. The average Bonchev–Trinajstić information content (AvgIpc) is 3.29. The van der Waals surface area contributed by atoms with E-state index in [9.17, 15) is 9.59 Å². The molecule has 1 aromatic heterocycles. The van der Waals surface area contributed by atoms with E-state index in [0.29, 0.717) is 11.3 Å². The molecule has 2 aromatic rings. The zero-order valence-corrected chi connectivity index (χ0v) is 13.3. The van der Waals surface area contributed by atoms with E-state index < -0.39 is 0 Å². The van der Waals surface area contributed by atoms with E-state index in [0.717, 1.165) is 24.4 Å². The van der Waals surface area contributed by atoms with Gasteiger partial charge in [-0.3, -0.25) is 9.59 Å². The van der Waals surface area contributed by atoms with Crippen LogP contribution in [-0.2, 0) is 4.79 Å². The van der Waals surface area contributed by atoms with Gasteiger partial charge < -0.3 is 15.1 Å². The van der Waals surface area contributed by atoms with Crippen LogP contribution in [0, 0.1) is 12.8 Å². The van der Waals surface area contributed by atoms with Crippen LogP contribution in [-0.4, -0.2) is 11.8 Å². The number of carbonyl (C=O) groups excluding carboxylic acids is 2. The second-order valence-corrected chi connectivity index (χ2v) is 5.98. The molecule has 0 saturated heterocycles. The van der Waals surface area contributed by atoms with Crippen molar-refractivity contribution in [1.29, 1.82) is 0 Å². The summed E-state index contributed by atoms with van der Waals surface area (Å²) in [6.45, 7) is 3.74. The van der Waals surface area contributed by atoms with Gasteiger partial charge in [-0.2, -0.15) is 0 Å². The first-order chi connectivity index (χ1) is 11.0. The third-order valence-electron chi connectivity index (χ3n) is 3.90. The Balaban J connectivity index is 1.59. The molecule has 1 fully saturated rings. The standard InChI is InChI=1S/C18H20N2O3/c1-11-3-10-16(23-11)12(2)19-17(21)14-6-8-15(9-7-14)20-18(22)13-4-5-13/h3,6-10,12-13H,4-5H2,1-2H3,(H,19,21)(H,20,22). The molecule has 5 heteroatoms. The lowest BCUT2D eigenvalue weighted by molar-refractivity contribution is -0.117. The van der Waals surface area contributed by atoms with E-state index >= 15 is 0 Å². The number of benzene rings is 1. The van der Waals surface area contributed by atoms with Crippen molar-refractivity contribution in [3.8, 4) is 0 Å². The molecule has 2 N–H and O–H groups in total. The summed E-state index contributed by atoms with van der Waals surface area (Å²) in [5.41, 5.74) is 1.26. The molecular weight excluding hydrogens is 292 g/mol. The Morgan fingerprint density at radius 2 is 1.83 bits per heavy atom. The Bertz CT molecular complexity index is 714. The van der Waals surface area contributed by atoms with Crippen LogP contribution < -0.4 is 10.6 Å². The first kappa shape index (κ1) is 15.3. The molecule has 120 valence electrons. The number of hydrogen-bond acceptors (Lipinski definition) is 3. The molecule has 1 aromatic carbocycles. The van der Waals surface area contributed by atoms with Crippen molar-refractivity contribution in [2.75, 3.05) is 5.32 Å². The van der Waals surface area contributed by atoms with E-state index in [-0.39, 0.29) is 23.8 Å². The molecule has 0 spiro atoms. The number of nitrogens with one attached hydrogen (secondary N) is 2. The van der Waals surface area contributed by atoms with E-state index in [1.54, 1.807) is 24.3 Å². The van der Waals surface area contributed by atoms with Crippen molar-refractivity contribution in [2.45, 2.75) is 32.7 Å². The molecule has 0 bridgehead atoms. The lowest BCUT2D eigenvalue weighted by Gasteiger charge is -2.12. The maximum absolute atomic E-state index is 12.2. The highest BCUT2D eigenvalue weighted by Crippen LogP contribution is 2.30. The van der Waals surface area contributed by atoms with Gasteiger partial charge in [0.15, 0.2) is 0 Å². The largest absolute Gasteiger partial charge is 0.464 e. The van der Waals surface area contributed by atoms with Crippen LogP contribution in [0.25, 0.3) is 0 Å². The van der Waals surface area contributed by atoms with Crippen molar-refractivity contribution in [1.82, 2.24) is 5.32 Å². The Morgan fingerprint density at radius 1 is 1.13 bits per heavy atom. The summed E-state index contributed by atoms with van der Waals surface area (Å²) in [6, 6.07) is 10.4. The minimum Gasteiger partial charge on any atom is -0.464 e. The summed E-state index contributed by atoms with van der Waals surface area (Å²) in [6.07, 6.45) is 1.94. The van der Waals surface area contributed by atoms with Gasteiger partial charge in [-0.25, -0.2) is 0 Å². The molecule has 1 saturated carbocycles. The fourth-order valence-electron chi connectivity index (χ4n) is 2.33. The molecule has 1 atom stereocenters. The number of hydrogen-bond donors (Lipinski definition) is 2. The van der Waals surface area contributed by atoms with Gasteiger partial charge in [0.25, 0.3) is 5.91 Å². The topological polar surface area (TPSA) is 71.3 Å². The average molecular weight is 312 g/mol. The lowest BCUT2D eigenvalue weighted by Crippen LogP contribution is -2.26. The maximum atomic E-state index is 12.2. The number of furan rings is 1. The molecule has 0 aliphatic heterocycles. The predicted octanol–water partition coefficient (Wildman–Crippen LogP) is 3.43. The van der Waals surface area contributed by atoms with Gasteiger partial charge in [0.1, 0.15) is 11.5 Å². The van der Waals surface area contributed by atoms with Crippen molar-refractivity contribution < 1.29 is 14.0 Å². The van der Waals surface area contributed by atoms with E-state index in [1.165, 1.54) is 0 Å². The number of amides is 2. The minimum absolute atomic E-state index is 0.0593. The molecule has 23 heavy (non-hydrogen) atoms. The van der Waals surface area contributed by atoms with Gasteiger partial charge in [-0.05, 0) is 63.1 Å². The summed E-state index contributed by atoms with van der Waals surface area (Å²) in [7, 11) is 0. The Hall–Kier alpha value is -2.56. The van der Waals surface area contributed by atoms with E-state index in [1.807, 2.05) is 26.0 Å². The first-order valence-electron chi connectivity index (χ1n) is 7.81. The third kappa shape index (κ3) is 3.80.